The molecule has 0 aromatic rings. The van der Waals surface area contributed by atoms with Crippen molar-refractivity contribution in [2.24, 2.45) is 22.7 Å². The van der Waals surface area contributed by atoms with Crippen LogP contribution in [0.5, 0.6) is 0 Å². The number of ether oxygens (including phenoxy) is 1. The Morgan fingerprint density at radius 2 is 2.00 bits per heavy atom. The highest BCUT2D eigenvalue weighted by atomic mass is 32.3. The second-order valence-corrected chi connectivity index (χ2v) is 10.2. The highest BCUT2D eigenvalue weighted by molar-refractivity contribution is 7.80. The molecule has 0 spiro atoms. The highest BCUT2D eigenvalue weighted by Crippen LogP contribution is 2.62. The fraction of sp³-hybridized carbons (Fsp3) is 0.750. The molecule has 3 fully saturated rings. The lowest BCUT2D eigenvalue weighted by atomic mass is 9.46. The number of allylic oxidation sites excluding steroid dienone is 2. The number of esters is 1. The summed E-state index contributed by atoms with van der Waals surface area (Å²) in [6.07, 6.45) is 3.12. The van der Waals surface area contributed by atoms with E-state index in [9.17, 15) is 23.4 Å². The van der Waals surface area contributed by atoms with Crippen molar-refractivity contribution in [2.75, 3.05) is 13.2 Å². The van der Waals surface area contributed by atoms with Gasteiger partial charge in [-0.1, -0.05) is 32.1 Å². The number of carbonyl (C=O) groups is 1. The molecule has 3 rings (SSSR count). The van der Waals surface area contributed by atoms with E-state index in [4.69, 9.17) is 13.5 Å². The van der Waals surface area contributed by atoms with Crippen molar-refractivity contribution in [1.29, 1.82) is 0 Å². The second-order valence-electron chi connectivity index (χ2n) is 9.07. The van der Waals surface area contributed by atoms with Crippen molar-refractivity contribution in [3.63, 3.8) is 0 Å². The maximum absolute atomic E-state index is 11.8. The number of fused-ring (bicyclic) bond motifs is 1. The molecule has 0 bridgehead atoms. The van der Waals surface area contributed by atoms with E-state index < -0.39 is 34.0 Å². The molecule has 2 saturated carbocycles. The van der Waals surface area contributed by atoms with Crippen molar-refractivity contribution in [3.05, 3.63) is 23.8 Å². The normalized spacial score (nSPS) is 42.0. The van der Waals surface area contributed by atoms with Crippen molar-refractivity contribution in [2.45, 2.75) is 58.2 Å². The first-order valence-electron chi connectivity index (χ1n) is 9.91. The predicted octanol–water partition coefficient (Wildman–Crippen LogP) is 1.79. The Labute approximate surface area is 171 Å². The summed E-state index contributed by atoms with van der Waals surface area (Å²) in [6.45, 7) is 7.79. The Hall–Kier alpha value is -1.26. The molecule has 9 heteroatoms. The Balaban J connectivity index is 1.89. The van der Waals surface area contributed by atoms with Gasteiger partial charge < -0.3 is 14.9 Å². The molecule has 0 aromatic heterocycles. The summed E-state index contributed by atoms with van der Waals surface area (Å²) in [5.74, 6) is -0.590. The van der Waals surface area contributed by atoms with Gasteiger partial charge in [-0.2, -0.15) is 8.42 Å². The number of cyclic esters (lactones) is 1. The third-order valence-electron chi connectivity index (χ3n) is 7.41. The first-order valence-corrected chi connectivity index (χ1v) is 11.3. The zero-order valence-corrected chi connectivity index (χ0v) is 17.7. The lowest BCUT2D eigenvalue weighted by Crippen LogP contribution is -2.57. The van der Waals surface area contributed by atoms with Gasteiger partial charge in [0.2, 0.25) is 0 Å². The first kappa shape index (κ1) is 22.4. The van der Waals surface area contributed by atoms with Crippen LogP contribution in [0.2, 0.25) is 0 Å². The maximum Gasteiger partial charge on any atom is 0.397 e. The first-order chi connectivity index (χ1) is 13.4. The van der Waals surface area contributed by atoms with Crippen LogP contribution in [0, 0.1) is 22.7 Å². The fourth-order valence-electron chi connectivity index (χ4n) is 5.75. The fourth-order valence-corrected chi connectivity index (χ4v) is 6.15. The molecule has 2 aliphatic carbocycles. The van der Waals surface area contributed by atoms with E-state index >= 15 is 0 Å². The summed E-state index contributed by atoms with van der Waals surface area (Å²) in [7, 11) is -4.62. The van der Waals surface area contributed by atoms with E-state index in [2.05, 4.69) is 13.5 Å². The average Bonchev–Trinajstić information content (AvgIpc) is 2.94. The van der Waals surface area contributed by atoms with Gasteiger partial charge in [0.25, 0.3) is 0 Å². The molecule has 0 radical (unpaired) electrons. The highest BCUT2D eigenvalue weighted by Gasteiger charge is 2.58. The molecule has 6 atom stereocenters. The molecule has 3 N–H and O–H groups in total. The molecule has 8 nitrogen and oxygen atoms in total. The van der Waals surface area contributed by atoms with Crippen molar-refractivity contribution >= 4 is 16.4 Å². The Morgan fingerprint density at radius 1 is 1.31 bits per heavy atom. The molecular weight excluding hydrogens is 400 g/mol. The van der Waals surface area contributed by atoms with Gasteiger partial charge in [-0.15, -0.1) is 0 Å². The third kappa shape index (κ3) is 4.16. The van der Waals surface area contributed by atoms with Crippen LogP contribution in [0.25, 0.3) is 0 Å². The number of rotatable bonds is 5. The van der Waals surface area contributed by atoms with Gasteiger partial charge >= 0.3 is 16.4 Å². The minimum Gasteiger partial charge on any atom is -0.459 e. The molecule has 0 amide bonds. The summed E-state index contributed by atoms with van der Waals surface area (Å²) in [6, 6.07) is 0. The number of hydrogen-bond donors (Lipinski definition) is 3. The van der Waals surface area contributed by atoms with E-state index in [1.165, 1.54) is 0 Å². The smallest absolute Gasteiger partial charge is 0.397 e. The van der Waals surface area contributed by atoms with Gasteiger partial charge in [0.05, 0.1) is 18.3 Å². The van der Waals surface area contributed by atoms with Gasteiger partial charge in [0, 0.05) is 5.41 Å². The van der Waals surface area contributed by atoms with Gasteiger partial charge in [0.15, 0.2) is 0 Å². The molecule has 0 aromatic carbocycles. The zero-order valence-electron chi connectivity index (χ0n) is 16.8. The molecule has 3 aliphatic rings. The quantitative estimate of drug-likeness (QED) is 0.260. The van der Waals surface area contributed by atoms with Gasteiger partial charge in [-0.05, 0) is 49.4 Å². The summed E-state index contributed by atoms with van der Waals surface area (Å²) in [5, 5.41) is 20.7. The van der Waals surface area contributed by atoms with Crippen molar-refractivity contribution in [3.8, 4) is 0 Å². The molecule has 1 aliphatic heterocycles. The summed E-state index contributed by atoms with van der Waals surface area (Å²) >= 11 is 0. The Bertz CT molecular complexity index is 818. The summed E-state index contributed by atoms with van der Waals surface area (Å²) in [4.78, 5) is 11.8. The Kier molecular flexibility index (Phi) is 6.01. The third-order valence-corrected chi connectivity index (χ3v) is 7.83. The summed E-state index contributed by atoms with van der Waals surface area (Å²) < 4.78 is 40.9. The van der Waals surface area contributed by atoms with Gasteiger partial charge in [0.1, 0.15) is 12.7 Å². The van der Waals surface area contributed by atoms with E-state index in [0.29, 0.717) is 25.7 Å². The van der Waals surface area contributed by atoms with E-state index in [1.807, 2.05) is 0 Å². The van der Waals surface area contributed by atoms with Crippen LogP contribution in [0.4, 0.5) is 0 Å². The van der Waals surface area contributed by atoms with Gasteiger partial charge in [-0.3, -0.25) is 4.55 Å². The van der Waals surface area contributed by atoms with Crippen molar-refractivity contribution < 1.29 is 36.9 Å². The van der Waals surface area contributed by atoms with E-state index in [-0.39, 0.29) is 36.0 Å². The van der Waals surface area contributed by atoms with Crippen LogP contribution in [-0.4, -0.2) is 54.6 Å². The molecule has 1 heterocycles. The standard InChI is InChI=1S/C20H30O8S/c1-12-4-7-16-19(2,14(12)6-5-13-15(21)10-27-18(13)23)9-8-17(22)20(16,3)11-28-29(24,25)26/h5,14-17,21-22H,1,4,6-11H2,2-3H3,(H,24,25,26)/b13-5-/t14-,15?,16?,17-,19+,20+/m1/s1. The van der Waals surface area contributed by atoms with Crippen molar-refractivity contribution in [1.82, 2.24) is 0 Å². The molecule has 2 unspecified atom stereocenters. The SMILES string of the molecule is C=C1CCC2[C@](C)(COS(=O)(=O)O)[C@H](O)CC[C@@]2(C)[C@@H]1C/C=C1\C(=O)OCC1O. The van der Waals surface area contributed by atoms with E-state index in [1.54, 1.807) is 13.0 Å². The Morgan fingerprint density at radius 3 is 2.59 bits per heavy atom. The van der Waals surface area contributed by atoms with Crippen LogP contribution >= 0.6 is 0 Å². The molecule has 29 heavy (non-hydrogen) atoms. The number of hydrogen-bond acceptors (Lipinski definition) is 7. The minimum absolute atomic E-state index is 0.00749. The maximum atomic E-state index is 11.8. The number of carbonyl (C=O) groups excluding carboxylic acids is 1. The minimum atomic E-state index is -4.62. The lowest BCUT2D eigenvalue weighted by molar-refractivity contribution is -0.147. The topological polar surface area (TPSA) is 130 Å². The summed E-state index contributed by atoms with van der Waals surface area (Å²) in [5.41, 5.74) is 0.129. The lowest BCUT2D eigenvalue weighted by Gasteiger charge is -2.60. The van der Waals surface area contributed by atoms with Crippen LogP contribution in [0.1, 0.15) is 46.0 Å². The second kappa shape index (κ2) is 7.77. The van der Waals surface area contributed by atoms with E-state index in [0.717, 1.165) is 12.0 Å². The number of aliphatic hydroxyl groups is 2. The van der Waals surface area contributed by atoms with Gasteiger partial charge in [-0.25, -0.2) is 8.98 Å². The predicted molar refractivity (Wildman–Crippen MR) is 104 cm³/mol. The van der Waals surface area contributed by atoms with Crippen LogP contribution in [-0.2, 0) is 24.1 Å². The molecule has 164 valence electrons. The molecular formula is C20H30O8S. The zero-order chi connectivity index (χ0) is 21.6. The molecule has 1 saturated heterocycles. The van der Waals surface area contributed by atoms with Crippen LogP contribution < -0.4 is 0 Å². The largest absolute Gasteiger partial charge is 0.459 e. The monoisotopic (exact) mass is 430 g/mol. The number of aliphatic hydroxyl groups excluding tert-OH is 2. The average molecular weight is 431 g/mol. The van der Waals surface area contributed by atoms with Crippen LogP contribution in [0.3, 0.4) is 0 Å². The van der Waals surface area contributed by atoms with Crippen LogP contribution in [0.15, 0.2) is 23.8 Å².